The fraction of sp³-hybridized carbons (Fsp3) is 0.562. The zero-order chi connectivity index (χ0) is 17.0. The van der Waals surface area contributed by atoms with E-state index in [-0.39, 0.29) is 36.0 Å². The Morgan fingerprint density at radius 1 is 1.25 bits per heavy atom. The zero-order valence-corrected chi connectivity index (χ0v) is 14.4. The van der Waals surface area contributed by atoms with Crippen molar-refractivity contribution in [3.05, 3.63) is 27.7 Å². The van der Waals surface area contributed by atoms with Gasteiger partial charge in [0, 0.05) is 37.7 Å². The second kappa shape index (κ2) is 5.95. The number of rotatable bonds is 3. The summed E-state index contributed by atoms with van der Waals surface area (Å²) in [5, 5.41) is 20.3. The molecule has 1 aromatic rings. The van der Waals surface area contributed by atoms with Crippen LogP contribution in [-0.2, 0) is 4.74 Å². The second-order valence-electron chi connectivity index (χ2n) is 6.74. The van der Waals surface area contributed by atoms with Crippen molar-refractivity contribution in [3.8, 4) is 5.75 Å². The molecule has 0 aliphatic carbocycles. The number of halogens is 2. The Labute approximate surface area is 149 Å². The van der Waals surface area contributed by atoms with Crippen molar-refractivity contribution in [2.45, 2.75) is 30.6 Å². The van der Waals surface area contributed by atoms with Crippen molar-refractivity contribution in [3.63, 3.8) is 0 Å². The number of cyclic esters (lactones) is 1. The van der Waals surface area contributed by atoms with E-state index in [4.69, 9.17) is 27.9 Å². The molecule has 0 aromatic heterocycles. The molecule has 0 bridgehead atoms. The molecule has 0 unspecified atom stereocenters. The maximum atomic E-state index is 12.1. The van der Waals surface area contributed by atoms with Gasteiger partial charge in [0.05, 0.1) is 22.2 Å². The summed E-state index contributed by atoms with van der Waals surface area (Å²) in [5.74, 6) is 0.0323. The van der Waals surface area contributed by atoms with Gasteiger partial charge in [-0.1, -0.05) is 23.2 Å². The molecule has 24 heavy (non-hydrogen) atoms. The first-order valence-corrected chi connectivity index (χ1v) is 8.74. The Hall–Kier alpha value is -1.21. The lowest BCUT2D eigenvalue weighted by Crippen LogP contribution is -2.54. The van der Waals surface area contributed by atoms with E-state index in [1.165, 1.54) is 6.07 Å². The number of amides is 1. The van der Waals surface area contributed by atoms with E-state index >= 15 is 0 Å². The van der Waals surface area contributed by atoms with Crippen LogP contribution in [0.15, 0.2) is 12.1 Å². The number of aliphatic hydroxyl groups is 1. The number of β-amino-alcohol motifs (C(OH)–C–C–N with tert-alkyl or cyclic N) is 1. The molecular weight excluding hydrogens is 355 g/mol. The summed E-state index contributed by atoms with van der Waals surface area (Å²) in [6, 6.07) is 3.05. The van der Waals surface area contributed by atoms with E-state index in [1.807, 2.05) is 0 Å². The van der Waals surface area contributed by atoms with Crippen LogP contribution in [0.5, 0.6) is 5.75 Å². The highest BCUT2D eigenvalue weighted by molar-refractivity contribution is 6.42. The van der Waals surface area contributed by atoms with Crippen molar-refractivity contribution in [1.29, 1.82) is 0 Å². The van der Waals surface area contributed by atoms with Crippen LogP contribution in [0.2, 0.25) is 10.0 Å². The number of nitrogens with zero attached hydrogens (tertiary/aromatic N) is 2. The van der Waals surface area contributed by atoms with Gasteiger partial charge in [0.1, 0.15) is 11.9 Å². The number of carbonyl (C=O) groups excluding carboxylic acids is 1. The number of hydrogen-bond acceptors (Lipinski definition) is 5. The fourth-order valence-corrected chi connectivity index (χ4v) is 4.44. The predicted octanol–water partition coefficient (Wildman–Crippen LogP) is 2.05. The number of fused-ring (bicyclic) bond motifs is 1. The maximum Gasteiger partial charge on any atom is 0.410 e. The molecule has 3 saturated heterocycles. The van der Waals surface area contributed by atoms with E-state index in [0.29, 0.717) is 48.2 Å². The van der Waals surface area contributed by atoms with Gasteiger partial charge in [0.2, 0.25) is 0 Å². The Morgan fingerprint density at radius 3 is 2.71 bits per heavy atom. The molecular formula is C16H18Cl2N2O4. The van der Waals surface area contributed by atoms with E-state index < -0.39 is 0 Å². The third-order valence-corrected chi connectivity index (χ3v) is 5.97. The largest absolute Gasteiger partial charge is 0.508 e. The lowest BCUT2D eigenvalue weighted by Gasteiger charge is -2.37. The van der Waals surface area contributed by atoms with Gasteiger partial charge in [-0.25, -0.2) is 4.79 Å². The summed E-state index contributed by atoms with van der Waals surface area (Å²) in [6.07, 6.45) is -0.168. The van der Waals surface area contributed by atoms with Gasteiger partial charge in [-0.3, -0.25) is 4.90 Å². The highest BCUT2D eigenvalue weighted by atomic mass is 35.5. The maximum absolute atomic E-state index is 12.1. The molecule has 8 heteroatoms. The molecule has 3 heterocycles. The SMILES string of the molecule is O=C1O[C@@H](CN2CC(O)C2)[C@@H]2C[C@H](c3c(O)ccc(Cl)c3Cl)CN12. The van der Waals surface area contributed by atoms with Gasteiger partial charge in [-0.2, -0.15) is 0 Å². The summed E-state index contributed by atoms with van der Waals surface area (Å²) >= 11 is 12.3. The molecule has 3 atom stereocenters. The van der Waals surface area contributed by atoms with Crippen LogP contribution in [0, 0.1) is 0 Å². The highest BCUT2D eigenvalue weighted by Gasteiger charge is 2.50. The average Bonchev–Trinajstić information content (AvgIpc) is 3.04. The van der Waals surface area contributed by atoms with Crippen LogP contribution in [-0.4, -0.2) is 70.5 Å². The molecule has 3 fully saturated rings. The first-order chi connectivity index (χ1) is 11.4. The Kier molecular flexibility index (Phi) is 4.03. The summed E-state index contributed by atoms with van der Waals surface area (Å²) < 4.78 is 5.48. The average molecular weight is 373 g/mol. The van der Waals surface area contributed by atoms with Crippen LogP contribution in [0.1, 0.15) is 17.9 Å². The first-order valence-electron chi connectivity index (χ1n) is 7.98. The first kappa shape index (κ1) is 16.3. The zero-order valence-electron chi connectivity index (χ0n) is 12.9. The number of hydrogen-bond donors (Lipinski definition) is 2. The number of carbonyl (C=O) groups is 1. The Balaban J connectivity index is 1.53. The standard InChI is InChI=1S/C16H18Cl2N2O4/c17-10-1-2-12(22)14(15(10)18)8-3-11-13(7-19-5-9(21)6-19)24-16(23)20(11)4-8/h1-2,8-9,11,13,21-22H,3-7H2/t8-,11-,13-/m0/s1. The number of likely N-dealkylation sites (tertiary alicyclic amines) is 1. The van der Waals surface area contributed by atoms with Crippen LogP contribution in [0.4, 0.5) is 4.79 Å². The lowest BCUT2D eigenvalue weighted by molar-refractivity contribution is -0.0214. The Bertz CT molecular complexity index is 680. The van der Waals surface area contributed by atoms with Crippen LogP contribution in [0.3, 0.4) is 0 Å². The molecule has 1 aromatic carbocycles. The number of benzene rings is 1. The van der Waals surface area contributed by atoms with E-state index in [2.05, 4.69) is 4.90 Å². The molecule has 0 saturated carbocycles. The van der Waals surface area contributed by atoms with Gasteiger partial charge in [-0.15, -0.1) is 0 Å². The Morgan fingerprint density at radius 2 is 2.00 bits per heavy atom. The number of aromatic hydroxyl groups is 1. The van der Waals surface area contributed by atoms with Crippen molar-refractivity contribution in [2.75, 3.05) is 26.2 Å². The van der Waals surface area contributed by atoms with Crippen molar-refractivity contribution in [1.82, 2.24) is 9.80 Å². The normalized spacial score (nSPS) is 30.4. The molecule has 4 rings (SSSR count). The summed E-state index contributed by atoms with van der Waals surface area (Å²) in [4.78, 5) is 15.9. The van der Waals surface area contributed by atoms with E-state index in [1.54, 1.807) is 11.0 Å². The summed E-state index contributed by atoms with van der Waals surface area (Å²) in [6.45, 7) is 2.30. The highest BCUT2D eigenvalue weighted by Crippen LogP contribution is 2.45. The number of aliphatic hydroxyl groups excluding tert-OH is 1. The van der Waals surface area contributed by atoms with Gasteiger partial charge in [-0.05, 0) is 18.6 Å². The fourth-order valence-electron chi connectivity index (χ4n) is 3.96. The quantitative estimate of drug-likeness (QED) is 0.849. The van der Waals surface area contributed by atoms with Gasteiger partial charge >= 0.3 is 6.09 Å². The third kappa shape index (κ3) is 2.62. The predicted molar refractivity (Wildman–Crippen MR) is 88.7 cm³/mol. The summed E-state index contributed by atoms with van der Waals surface area (Å²) in [5.41, 5.74) is 0.601. The van der Waals surface area contributed by atoms with E-state index in [0.717, 1.165) is 0 Å². The molecule has 3 aliphatic heterocycles. The van der Waals surface area contributed by atoms with Crippen molar-refractivity contribution < 1.29 is 19.7 Å². The second-order valence-corrected chi connectivity index (χ2v) is 7.53. The van der Waals surface area contributed by atoms with Crippen LogP contribution < -0.4 is 0 Å². The molecule has 0 spiro atoms. The van der Waals surface area contributed by atoms with Gasteiger partial charge in [0.15, 0.2) is 0 Å². The molecule has 3 aliphatic rings. The van der Waals surface area contributed by atoms with Gasteiger partial charge < -0.3 is 19.8 Å². The monoisotopic (exact) mass is 372 g/mol. The minimum atomic E-state index is -0.328. The molecule has 1 amide bonds. The van der Waals surface area contributed by atoms with Gasteiger partial charge in [0.25, 0.3) is 0 Å². The number of phenols is 1. The topological polar surface area (TPSA) is 73.2 Å². The minimum Gasteiger partial charge on any atom is -0.508 e. The molecule has 2 N–H and O–H groups in total. The number of ether oxygens (including phenoxy) is 1. The smallest absolute Gasteiger partial charge is 0.410 e. The van der Waals surface area contributed by atoms with Crippen LogP contribution in [0.25, 0.3) is 0 Å². The number of phenolic OH excluding ortho intramolecular Hbond substituents is 1. The molecule has 0 radical (unpaired) electrons. The third-order valence-electron chi connectivity index (χ3n) is 5.15. The molecule has 130 valence electrons. The lowest BCUT2D eigenvalue weighted by atomic mass is 9.93. The van der Waals surface area contributed by atoms with Crippen molar-refractivity contribution in [2.24, 2.45) is 0 Å². The summed E-state index contributed by atoms with van der Waals surface area (Å²) in [7, 11) is 0. The minimum absolute atomic E-state index is 0.0466. The van der Waals surface area contributed by atoms with Crippen molar-refractivity contribution >= 4 is 29.3 Å². The van der Waals surface area contributed by atoms with E-state index in [9.17, 15) is 15.0 Å². The molecule has 6 nitrogen and oxygen atoms in total. The van der Waals surface area contributed by atoms with Crippen LogP contribution >= 0.6 is 23.2 Å².